The van der Waals surface area contributed by atoms with Crippen LogP contribution in [-0.2, 0) is 28.2 Å². The van der Waals surface area contributed by atoms with Crippen molar-refractivity contribution >= 4 is 7.60 Å². The summed E-state index contributed by atoms with van der Waals surface area (Å²) in [7, 11) is 4.13. The zero-order valence-corrected chi connectivity index (χ0v) is 21.5. The highest BCUT2D eigenvalue weighted by molar-refractivity contribution is 7.55. The fraction of sp³-hybridized carbons (Fsp3) is 0.462. The SMILES string of the molecule is COC1=CC=C(C(C2=CC=C(OC)CC2C)(c2ccc(OC)cc2)P(=O)(OC)OC)C(C)C1. The van der Waals surface area contributed by atoms with Gasteiger partial charge in [0.15, 0.2) is 0 Å². The maximum Gasteiger partial charge on any atom is 0.348 e. The number of methoxy groups -OCH3 is 3. The van der Waals surface area contributed by atoms with E-state index in [0.717, 1.165) is 34.0 Å². The quantitative estimate of drug-likeness (QED) is 0.388. The molecule has 0 saturated carbocycles. The lowest BCUT2D eigenvalue weighted by Gasteiger charge is -2.47. The number of rotatable bonds is 9. The standard InChI is InChI=1S/C26H35O6P/c1-18-16-22(29-4)12-14-24(18)26(33(27,31-6)32-7,20-8-10-21(28-3)11-9-20)25-15-13-23(30-5)17-19(25)2/h8-15,18-19H,16-17H2,1-7H3. The van der Waals surface area contributed by atoms with E-state index in [1.165, 1.54) is 14.2 Å². The first-order chi connectivity index (χ1) is 15.8. The van der Waals surface area contributed by atoms with Crippen LogP contribution >= 0.6 is 7.60 Å². The average molecular weight is 475 g/mol. The van der Waals surface area contributed by atoms with Gasteiger partial charge in [-0.15, -0.1) is 0 Å². The van der Waals surface area contributed by atoms with Crippen LogP contribution in [0.1, 0.15) is 32.3 Å². The van der Waals surface area contributed by atoms with Crippen LogP contribution in [0.3, 0.4) is 0 Å². The second-order valence-electron chi connectivity index (χ2n) is 8.43. The summed E-state index contributed by atoms with van der Waals surface area (Å²) < 4.78 is 42.7. The predicted molar refractivity (Wildman–Crippen MR) is 130 cm³/mol. The third-order valence-electron chi connectivity index (χ3n) is 6.73. The van der Waals surface area contributed by atoms with Crippen molar-refractivity contribution in [1.82, 2.24) is 0 Å². The van der Waals surface area contributed by atoms with E-state index in [-0.39, 0.29) is 11.8 Å². The molecule has 0 aromatic heterocycles. The van der Waals surface area contributed by atoms with Crippen molar-refractivity contribution in [3.05, 3.63) is 76.8 Å². The zero-order valence-electron chi connectivity index (χ0n) is 20.6. The van der Waals surface area contributed by atoms with Crippen molar-refractivity contribution in [1.29, 1.82) is 0 Å². The summed E-state index contributed by atoms with van der Waals surface area (Å²) in [6.45, 7) is 4.24. The van der Waals surface area contributed by atoms with Gasteiger partial charge in [0, 0.05) is 27.1 Å². The topological polar surface area (TPSA) is 63.2 Å². The molecule has 6 nitrogen and oxygen atoms in total. The van der Waals surface area contributed by atoms with Gasteiger partial charge in [-0.1, -0.05) is 38.1 Å². The summed E-state index contributed by atoms with van der Waals surface area (Å²) in [4.78, 5) is 0. The average Bonchev–Trinajstić information content (AvgIpc) is 2.85. The Morgan fingerprint density at radius 2 is 1.18 bits per heavy atom. The summed E-state index contributed by atoms with van der Waals surface area (Å²) in [5.41, 5.74) is 2.76. The van der Waals surface area contributed by atoms with Crippen LogP contribution in [0.2, 0.25) is 0 Å². The molecule has 0 bridgehead atoms. The Bertz CT molecular complexity index is 966. The molecule has 2 unspecified atom stereocenters. The van der Waals surface area contributed by atoms with Crippen LogP contribution in [0.4, 0.5) is 0 Å². The Morgan fingerprint density at radius 3 is 1.52 bits per heavy atom. The van der Waals surface area contributed by atoms with Crippen LogP contribution < -0.4 is 4.74 Å². The molecule has 0 radical (unpaired) electrons. The molecular formula is C26H35O6P. The van der Waals surface area contributed by atoms with Crippen LogP contribution in [-0.4, -0.2) is 35.5 Å². The Kier molecular flexibility index (Phi) is 7.94. The molecule has 0 N–H and O–H groups in total. The van der Waals surface area contributed by atoms with Crippen molar-refractivity contribution in [3.8, 4) is 5.75 Å². The minimum atomic E-state index is -3.75. The molecule has 1 aromatic rings. The molecule has 33 heavy (non-hydrogen) atoms. The molecule has 7 heteroatoms. The van der Waals surface area contributed by atoms with Gasteiger partial charge in [0.1, 0.15) is 10.9 Å². The second-order valence-corrected chi connectivity index (χ2v) is 10.8. The highest BCUT2D eigenvalue weighted by atomic mass is 31.2. The maximum absolute atomic E-state index is 14.7. The minimum Gasteiger partial charge on any atom is -0.501 e. The van der Waals surface area contributed by atoms with Gasteiger partial charge in [-0.25, -0.2) is 0 Å². The normalized spacial score (nSPS) is 22.9. The lowest BCUT2D eigenvalue weighted by atomic mass is 9.70. The third-order valence-corrected chi connectivity index (χ3v) is 9.29. The molecule has 3 rings (SSSR count). The lowest BCUT2D eigenvalue weighted by molar-refractivity contribution is 0.238. The molecule has 2 aliphatic carbocycles. The summed E-state index contributed by atoms with van der Waals surface area (Å²) in [5, 5.41) is -1.13. The summed E-state index contributed by atoms with van der Waals surface area (Å²) in [5.74, 6) is 2.55. The van der Waals surface area contributed by atoms with E-state index in [2.05, 4.69) is 13.8 Å². The van der Waals surface area contributed by atoms with Gasteiger partial charge in [0.2, 0.25) is 0 Å². The fourth-order valence-corrected chi connectivity index (χ4v) is 7.45. The van der Waals surface area contributed by atoms with Crippen molar-refractivity contribution in [2.24, 2.45) is 11.8 Å². The van der Waals surface area contributed by atoms with Gasteiger partial charge in [0.25, 0.3) is 0 Å². The fourth-order valence-electron chi connectivity index (χ4n) is 5.07. The molecule has 180 valence electrons. The van der Waals surface area contributed by atoms with E-state index in [1.54, 1.807) is 21.3 Å². The predicted octanol–water partition coefficient (Wildman–Crippen LogP) is 6.37. The summed E-state index contributed by atoms with van der Waals surface area (Å²) in [6, 6.07) is 7.68. The molecule has 0 spiro atoms. The minimum absolute atomic E-state index is 0.0339. The van der Waals surface area contributed by atoms with E-state index >= 15 is 0 Å². The van der Waals surface area contributed by atoms with E-state index < -0.39 is 12.8 Å². The van der Waals surface area contributed by atoms with Gasteiger partial charge >= 0.3 is 7.60 Å². The van der Waals surface area contributed by atoms with Gasteiger partial charge < -0.3 is 23.3 Å². The monoisotopic (exact) mass is 474 g/mol. The number of hydrogen-bond acceptors (Lipinski definition) is 6. The van der Waals surface area contributed by atoms with Crippen LogP contribution in [0.5, 0.6) is 5.75 Å². The van der Waals surface area contributed by atoms with Crippen molar-refractivity contribution < 1.29 is 27.8 Å². The molecule has 1 aromatic carbocycles. The molecular weight excluding hydrogens is 439 g/mol. The van der Waals surface area contributed by atoms with Crippen molar-refractivity contribution in [2.45, 2.75) is 31.8 Å². The second kappa shape index (κ2) is 10.3. The summed E-state index contributed by atoms with van der Waals surface area (Å²) in [6.07, 6.45) is 9.32. The van der Waals surface area contributed by atoms with Gasteiger partial charge in [-0.3, -0.25) is 4.57 Å². The van der Waals surface area contributed by atoms with E-state index in [9.17, 15) is 4.57 Å². The maximum atomic E-state index is 14.7. The van der Waals surface area contributed by atoms with Crippen molar-refractivity contribution in [2.75, 3.05) is 35.5 Å². The van der Waals surface area contributed by atoms with E-state index in [1.807, 2.05) is 48.6 Å². The Morgan fingerprint density at radius 1 is 0.727 bits per heavy atom. The number of hydrogen-bond donors (Lipinski definition) is 0. The number of allylic oxidation sites excluding steroid dienone is 8. The first-order valence-electron chi connectivity index (χ1n) is 11.1. The first kappa shape index (κ1) is 25.4. The Balaban J connectivity index is 2.44. The highest BCUT2D eigenvalue weighted by Gasteiger charge is 2.58. The summed E-state index contributed by atoms with van der Waals surface area (Å²) >= 11 is 0. The Hall–Kier alpha value is -2.27. The largest absolute Gasteiger partial charge is 0.501 e. The smallest absolute Gasteiger partial charge is 0.348 e. The van der Waals surface area contributed by atoms with E-state index in [4.69, 9.17) is 23.3 Å². The molecule has 0 aliphatic heterocycles. The molecule has 0 fully saturated rings. The van der Waals surface area contributed by atoms with Gasteiger partial charge in [0.05, 0.1) is 32.8 Å². The molecule has 0 saturated heterocycles. The van der Waals surface area contributed by atoms with Crippen LogP contribution in [0.15, 0.2) is 71.2 Å². The highest BCUT2D eigenvalue weighted by Crippen LogP contribution is 2.73. The molecule has 0 heterocycles. The third kappa shape index (κ3) is 4.32. The van der Waals surface area contributed by atoms with Crippen molar-refractivity contribution in [3.63, 3.8) is 0 Å². The van der Waals surface area contributed by atoms with Gasteiger partial charge in [-0.2, -0.15) is 0 Å². The lowest BCUT2D eigenvalue weighted by Crippen LogP contribution is -2.38. The van der Waals surface area contributed by atoms with Crippen LogP contribution in [0, 0.1) is 11.8 Å². The Labute approximate surface area is 197 Å². The first-order valence-corrected chi connectivity index (χ1v) is 12.6. The number of benzene rings is 1. The van der Waals surface area contributed by atoms with Gasteiger partial charge in [-0.05, 0) is 52.8 Å². The van der Waals surface area contributed by atoms with Crippen LogP contribution in [0.25, 0.3) is 0 Å². The van der Waals surface area contributed by atoms with E-state index in [0.29, 0.717) is 12.8 Å². The molecule has 0 amide bonds. The molecule has 2 atom stereocenters. The molecule has 2 aliphatic rings. The zero-order chi connectivity index (χ0) is 24.2. The number of ether oxygens (including phenoxy) is 3.